The van der Waals surface area contributed by atoms with Crippen molar-refractivity contribution in [1.29, 1.82) is 0 Å². The van der Waals surface area contributed by atoms with Crippen molar-refractivity contribution < 1.29 is 14.3 Å². The number of amides is 1. The molecule has 0 aromatic heterocycles. The van der Waals surface area contributed by atoms with E-state index >= 15 is 0 Å². The van der Waals surface area contributed by atoms with Crippen LogP contribution in [0.5, 0.6) is 0 Å². The fourth-order valence-electron chi connectivity index (χ4n) is 1.76. The van der Waals surface area contributed by atoms with Crippen molar-refractivity contribution in [3.05, 3.63) is 35.4 Å². The third-order valence-electron chi connectivity index (χ3n) is 2.54. The molecule has 0 aliphatic heterocycles. The number of benzene rings is 1. The van der Waals surface area contributed by atoms with Crippen LogP contribution in [0.2, 0.25) is 0 Å². The molecule has 0 bridgehead atoms. The summed E-state index contributed by atoms with van der Waals surface area (Å²) < 4.78 is 4.72. The Morgan fingerprint density at radius 2 is 1.85 bits per heavy atom. The molecule has 2 N–H and O–H groups in total. The van der Waals surface area contributed by atoms with Crippen molar-refractivity contribution in [2.75, 3.05) is 13.7 Å². The van der Waals surface area contributed by atoms with E-state index in [0.29, 0.717) is 12.1 Å². The van der Waals surface area contributed by atoms with E-state index in [2.05, 4.69) is 10.6 Å². The van der Waals surface area contributed by atoms with Gasteiger partial charge in [0, 0.05) is 12.1 Å². The zero-order valence-corrected chi connectivity index (χ0v) is 12.4. The van der Waals surface area contributed by atoms with E-state index in [1.54, 1.807) is 12.1 Å². The summed E-state index contributed by atoms with van der Waals surface area (Å²) in [6, 6.07) is 7.17. The molecule has 0 saturated carbocycles. The molecule has 0 atom stereocenters. The van der Waals surface area contributed by atoms with Gasteiger partial charge in [0.1, 0.15) is 0 Å². The summed E-state index contributed by atoms with van der Waals surface area (Å²) in [6.45, 7) is 6.42. The average Bonchev–Trinajstić information content (AvgIpc) is 2.36. The Morgan fingerprint density at radius 1 is 1.20 bits per heavy atom. The number of methoxy groups -OCH3 is 1. The molecule has 0 saturated heterocycles. The van der Waals surface area contributed by atoms with E-state index < -0.39 is 0 Å². The van der Waals surface area contributed by atoms with E-state index in [4.69, 9.17) is 4.74 Å². The number of carbonyl (C=O) groups is 2. The van der Waals surface area contributed by atoms with Gasteiger partial charge in [0.15, 0.2) is 0 Å². The summed E-state index contributed by atoms with van der Waals surface area (Å²) in [5.74, 6) is -0.449. The Kier molecular flexibility index (Phi) is 5.70. The van der Waals surface area contributed by atoms with Crippen LogP contribution in [0.3, 0.4) is 0 Å². The standard InChI is InChI=1S/C15H22N2O3/c1-15(2,3)17-13(18)10-16-9-11-7-5-6-8-12(11)14(19)20-4/h5-8,16H,9-10H2,1-4H3,(H,17,18). The first-order chi connectivity index (χ1) is 9.33. The number of hydrogen-bond acceptors (Lipinski definition) is 4. The molecule has 20 heavy (non-hydrogen) atoms. The van der Waals surface area contributed by atoms with Gasteiger partial charge >= 0.3 is 5.97 Å². The van der Waals surface area contributed by atoms with Gasteiger partial charge in [-0.05, 0) is 32.4 Å². The minimum atomic E-state index is -0.374. The van der Waals surface area contributed by atoms with Gasteiger partial charge in [-0.25, -0.2) is 4.79 Å². The van der Waals surface area contributed by atoms with Crippen LogP contribution in [0, 0.1) is 0 Å². The zero-order valence-electron chi connectivity index (χ0n) is 12.4. The van der Waals surface area contributed by atoms with E-state index in [0.717, 1.165) is 5.56 Å². The van der Waals surface area contributed by atoms with Crippen LogP contribution >= 0.6 is 0 Å². The molecule has 0 aliphatic rings. The van der Waals surface area contributed by atoms with E-state index in [9.17, 15) is 9.59 Å². The predicted octanol–water partition coefficient (Wildman–Crippen LogP) is 1.48. The highest BCUT2D eigenvalue weighted by molar-refractivity contribution is 5.91. The first kappa shape index (κ1) is 16.2. The number of esters is 1. The number of carbonyl (C=O) groups excluding carboxylic acids is 2. The van der Waals surface area contributed by atoms with Crippen molar-refractivity contribution in [1.82, 2.24) is 10.6 Å². The van der Waals surface area contributed by atoms with Crippen molar-refractivity contribution >= 4 is 11.9 Å². The van der Waals surface area contributed by atoms with Gasteiger partial charge in [-0.15, -0.1) is 0 Å². The maximum atomic E-state index is 11.7. The Bertz CT molecular complexity index is 478. The van der Waals surface area contributed by atoms with Crippen LogP contribution in [0.25, 0.3) is 0 Å². The molecular formula is C15H22N2O3. The number of rotatable bonds is 5. The molecule has 0 fully saturated rings. The van der Waals surface area contributed by atoms with Crippen LogP contribution in [0.15, 0.2) is 24.3 Å². The van der Waals surface area contributed by atoms with Crippen molar-refractivity contribution in [3.8, 4) is 0 Å². The molecule has 1 amide bonds. The Balaban J connectivity index is 2.54. The largest absolute Gasteiger partial charge is 0.465 e. The zero-order chi connectivity index (χ0) is 15.2. The van der Waals surface area contributed by atoms with Gasteiger partial charge in [-0.3, -0.25) is 4.79 Å². The second kappa shape index (κ2) is 7.05. The lowest BCUT2D eigenvalue weighted by Crippen LogP contribution is -2.44. The molecule has 1 rings (SSSR count). The van der Waals surface area contributed by atoms with Crippen molar-refractivity contribution in [3.63, 3.8) is 0 Å². The summed E-state index contributed by atoms with van der Waals surface area (Å²) in [5, 5.41) is 5.88. The molecule has 0 aliphatic carbocycles. The molecule has 0 unspecified atom stereocenters. The summed E-state index contributed by atoms with van der Waals surface area (Å²) in [4.78, 5) is 23.2. The van der Waals surface area contributed by atoms with Gasteiger partial charge in [-0.2, -0.15) is 0 Å². The van der Waals surface area contributed by atoms with E-state index in [-0.39, 0.29) is 24.0 Å². The topological polar surface area (TPSA) is 67.4 Å². The molecular weight excluding hydrogens is 256 g/mol. The van der Waals surface area contributed by atoms with Gasteiger partial charge in [-0.1, -0.05) is 18.2 Å². The van der Waals surface area contributed by atoms with Gasteiger partial charge in [0.2, 0.25) is 5.91 Å². The number of nitrogens with one attached hydrogen (secondary N) is 2. The van der Waals surface area contributed by atoms with Crippen molar-refractivity contribution in [2.45, 2.75) is 32.9 Å². The van der Waals surface area contributed by atoms with Crippen LogP contribution in [-0.4, -0.2) is 31.1 Å². The van der Waals surface area contributed by atoms with Crippen LogP contribution < -0.4 is 10.6 Å². The summed E-state index contributed by atoms with van der Waals surface area (Å²) in [5.41, 5.74) is 1.07. The highest BCUT2D eigenvalue weighted by atomic mass is 16.5. The SMILES string of the molecule is COC(=O)c1ccccc1CNCC(=O)NC(C)(C)C. The van der Waals surface area contributed by atoms with E-state index in [1.807, 2.05) is 32.9 Å². The summed E-state index contributed by atoms with van der Waals surface area (Å²) in [7, 11) is 1.35. The monoisotopic (exact) mass is 278 g/mol. The average molecular weight is 278 g/mol. The van der Waals surface area contributed by atoms with Crippen molar-refractivity contribution in [2.24, 2.45) is 0 Å². The van der Waals surface area contributed by atoms with E-state index in [1.165, 1.54) is 7.11 Å². The van der Waals surface area contributed by atoms with Crippen LogP contribution in [0.1, 0.15) is 36.7 Å². The predicted molar refractivity (Wildman–Crippen MR) is 77.4 cm³/mol. The summed E-state index contributed by atoms with van der Waals surface area (Å²) >= 11 is 0. The maximum Gasteiger partial charge on any atom is 0.338 e. The minimum Gasteiger partial charge on any atom is -0.465 e. The van der Waals surface area contributed by atoms with Crippen LogP contribution in [0.4, 0.5) is 0 Å². The third-order valence-corrected chi connectivity index (χ3v) is 2.54. The lowest BCUT2D eigenvalue weighted by Gasteiger charge is -2.20. The number of hydrogen-bond donors (Lipinski definition) is 2. The lowest BCUT2D eigenvalue weighted by molar-refractivity contribution is -0.121. The number of ether oxygens (including phenoxy) is 1. The molecule has 110 valence electrons. The first-order valence-electron chi connectivity index (χ1n) is 6.51. The quantitative estimate of drug-likeness (QED) is 0.801. The highest BCUT2D eigenvalue weighted by Crippen LogP contribution is 2.09. The fourth-order valence-corrected chi connectivity index (χ4v) is 1.76. The molecule has 5 heteroatoms. The molecule has 1 aromatic carbocycles. The second-order valence-electron chi connectivity index (χ2n) is 5.55. The van der Waals surface area contributed by atoms with Gasteiger partial charge in [0.05, 0.1) is 19.2 Å². The highest BCUT2D eigenvalue weighted by Gasteiger charge is 2.14. The second-order valence-corrected chi connectivity index (χ2v) is 5.55. The smallest absolute Gasteiger partial charge is 0.338 e. The maximum absolute atomic E-state index is 11.7. The minimum absolute atomic E-state index is 0.0759. The Labute approximate surface area is 119 Å². The molecule has 0 spiro atoms. The summed E-state index contributed by atoms with van der Waals surface area (Å²) in [6.07, 6.45) is 0. The fraction of sp³-hybridized carbons (Fsp3) is 0.467. The van der Waals surface area contributed by atoms with Gasteiger partial charge in [0.25, 0.3) is 0 Å². The van der Waals surface area contributed by atoms with Crippen LogP contribution in [-0.2, 0) is 16.1 Å². The molecule has 0 heterocycles. The Hall–Kier alpha value is -1.88. The van der Waals surface area contributed by atoms with Gasteiger partial charge < -0.3 is 15.4 Å². The molecule has 1 aromatic rings. The lowest BCUT2D eigenvalue weighted by atomic mass is 10.1. The first-order valence-corrected chi connectivity index (χ1v) is 6.51. The Morgan fingerprint density at radius 3 is 2.45 bits per heavy atom. The third kappa shape index (κ3) is 5.40. The molecule has 5 nitrogen and oxygen atoms in total. The molecule has 0 radical (unpaired) electrons. The normalized spacial score (nSPS) is 11.0.